The highest BCUT2D eigenvalue weighted by Gasteiger charge is 2.68. The second-order valence-corrected chi connectivity index (χ2v) is 24.0. The maximum Gasteiger partial charge on any atom is 0.435 e. The van der Waals surface area contributed by atoms with Crippen LogP contribution in [0.3, 0.4) is 0 Å². The summed E-state index contributed by atoms with van der Waals surface area (Å²) in [4.78, 5) is 19.1. The van der Waals surface area contributed by atoms with E-state index in [1.165, 1.54) is 17.8 Å². The fourth-order valence-corrected chi connectivity index (χ4v) is 12.6. The van der Waals surface area contributed by atoms with Gasteiger partial charge in [0.05, 0.1) is 42.4 Å². The molecule has 5 aromatic rings. The predicted molar refractivity (Wildman–Crippen MR) is 226 cm³/mol. The molecule has 0 radical (unpaired) electrons. The van der Waals surface area contributed by atoms with E-state index in [4.69, 9.17) is 16.6 Å². The number of carbonyl (C=O) groups is 1. The van der Waals surface area contributed by atoms with E-state index in [1.807, 2.05) is 0 Å². The first kappa shape index (κ1) is 45.4. The number of rotatable bonds is 15. The number of fused-ring (bicyclic) bond motifs is 4. The predicted octanol–water partition coefficient (Wildman–Crippen LogP) is 8.67. The van der Waals surface area contributed by atoms with Gasteiger partial charge >= 0.3 is 6.18 Å². The number of aromatic nitrogens is 5. The topological polar surface area (TPSA) is 158 Å². The van der Waals surface area contributed by atoms with Crippen LogP contribution in [-0.2, 0) is 63.2 Å². The molecule has 3 aromatic heterocycles. The third-order valence-corrected chi connectivity index (χ3v) is 18.9. The molecule has 348 valence electrons. The van der Waals surface area contributed by atoms with Crippen LogP contribution < -0.4 is 10.0 Å². The highest BCUT2D eigenvalue weighted by Crippen LogP contribution is 2.68. The molecule has 4 aliphatic carbocycles. The first-order chi connectivity index (χ1) is 30.2. The van der Waals surface area contributed by atoms with Crippen molar-refractivity contribution in [2.75, 3.05) is 4.72 Å². The average molecular weight is 970 g/mol. The van der Waals surface area contributed by atoms with Crippen molar-refractivity contribution in [3.63, 3.8) is 0 Å². The van der Waals surface area contributed by atoms with Crippen molar-refractivity contribution in [3.05, 3.63) is 93.0 Å². The average Bonchev–Trinajstić information content (AvgIpc) is 4.13. The second kappa shape index (κ2) is 15.1. The number of aryl methyl sites for hydroxylation is 2. The van der Waals surface area contributed by atoms with Gasteiger partial charge in [0.15, 0.2) is 21.3 Å². The summed E-state index contributed by atoms with van der Waals surface area (Å²) in [6.07, 6.45) is -3.51. The van der Waals surface area contributed by atoms with E-state index in [0.717, 1.165) is 12.1 Å². The molecule has 4 aliphatic rings. The molecule has 12 nitrogen and oxygen atoms in total. The van der Waals surface area contributed by atoms with Crippen molar-refractivity contribution >= 4 is 54.1 Å². The smallest absolute Gasteiger partial charge is 0.346 e. The number of sulfone groups is 1. The molecular formula is C43H43ClF7N7O5S2. The van der Waals surface area contributed by atoms with Crippen LogP contribution in [0.4, 0.5) is 36.6 Å². The van der Waals surface area contributed by atoms with Gasteiger partial charge in [-0.25, -0.2) is 25.6 Å². The summed E-state index contributed by atoms with van der Waals surface area (Å²) in [6.45, 7) is 3.72. The van der Waals surface area contributed by atoms with Crippen LogP contribution in [0.15, 0.2) is 42.5 Å². The Morgan fingerprint density at radius 1 is 0.985 bits per heavy atom. The van der Waals surface area contributed by atoms with Crippen molar-refractivity contribution < 1.29 is 52.4 Å². The van der Waals surface area contributed by atoms with Gasteiger partial charge in [-0.2, -0.15) is 32.1 Å². The minimum atomic E-state index is -5.10. The lowest BCUT2D eigenvalue weighted by Gasteiger charge is -2.26. The molecule has 1 amide bonds. The molecule has 2 N–H and O–H groups in total. The molecule has 3 fully saturated rings. The molecule has 0 aliphatic heterocycles. The zero-order chi connectivity index (χ0) is 47.0. The largest absolute Gasteiger partial charge is 0.435 e. The number of sulfonamides is 1. The number of carbonyl (C=O) groups excluding carboxylic acids is 1. The van der Waals surface area contributed by atoms with E-state index < -0.39 is 112 Å². The van der Waals surface area contributed by atoms with Gasteiger partial charge in [-0.1, -0.05) is 23.7 Å². The number of halogens is 8. The molecule has 3 heterocycles. The van der Waals surface area contributed by atoms with Crippen LogP contribution in [0.5, 0.6) is 0 Å². The minimum absolute atomic E-state index is 0.000577. The Morgan fingerprint density at radius 2 is 1.65 bits per heavy atom. The highest BCUT2D eigenvalue weighted by atomic mass is 35.5. The first-order valence-corrected chi connectivity index (χ1v) is 24.3. The number of pyridine rings is 1. The molecule has 2 aromatic carbocycles. The third kappa shape index (κ3) is 7.95. The van der Waals surface area contributed by atoms with Gasteiger partial charge in [-0.15, -0.1) is 0 Å². The van der Waals surface area contributed by atoms with Crippen LogP contribution in [0.2, 0.25) is 5.02 Å². The highest BCUT2D eigenvalue weighted by molar-refractivity contribution is 7.94. The summed E-state index contributed by atoms with van der Waals surface area (Å²) < 4.78 is 159. The van der Waals surface area contributed by atoms with Gasteiger partial charge in [0.2, 0.25) is 15.9 Å². The van der Waals surface area contributed by atoms with E-state index >= 15 is 8.78 Å². The van der Waals surface area contributed by atoms with Crippen molar-refractivity contribution in [2.45, 2.75) is 117 Å². The molecule has 3 saturated carbocycles. The monoisotopic (exact) mass is 969 g/mol. The summed E-state index contributed by atoms with van der Waals surface area (Å²) >= 11 is 6.74. The summed E-state index contributed by atoms with van der Waals surface area (Å²) in [5.74, 6) is -9.25. The number of amides is 1. The number of hydrogen-bond acceptors (Lipinski definition) is 8. The van der Waals surface area contributed by atoms with E-state index in [2.05, 4.69) is 20.2 Å². The molecule has 22 heteroatoms. The number of alkyl halides is 5. The standard InChI is InChI=1S/C43H43ClF7N7O5S2/c1-40(2,64(60,61)25-6-7-25)12-11-24-5-8-26(27-9-10-30(44)34-36(27)57(4)55-39(34)56-65(62,63)41(3)13-14-41)35(52-24)31(17-21-15-22(45)18-23(46)16-21)53-32(59)20-58-38-33(37(54-58)43(49,50)51)28-19-29(28)42(38,47)48/h5,8-10,15-16,18,25,28-29,31H,6-7,11-14,17,19-20H2,1-4H3,(H,53,59)(H,55,56)/t28-,29?,31-/m0/s1. The van der Waals surface area contributed by atoms with Gasteiger partial charge in [-0.3, -0.25) is 23.9 Å². The zero-order valence-corrected chi connectivity index (χ0v) is 37.7. The Bertz CT molecular complexity index is 3020. The number of nitrogens with zero attached hydrogens (tertiary/aromatic N) is 5. The van der Waals surface area contributed by atoms with Crippen molar-refractivity contribution in [1.29, 1.82) is 0 Å². The van der Waals surface area contributed by atoms with Crippen molar-refractivity contribution in [3.8, 4) is 11.1 Å². The quantitative estimate of drug-likeness (QED) is 0.0988. The van der Waals surface area contributed by atoms with E-state index in [9.17, 15) is 43.6 Å². The van der Waals surface area contributed by atoms with Crippen molar-refractivity contribution in [2.24, 2.45) is 13.0 Å². The lowest BCUT2D eigenvalue weighted by molar-refractivity contribution is -0.142. The molecule has 9 rings (SSSR count). The maximum absolute atomic E-state index is 15.5. The molecule has 65 heavy (non-hydrogen) atoms. The Morgan fingerprint density at radius 3 is 2.28 bits per heavy atom. The lowest BCUT2D eigenvalue weighted by Crippen LogP contribution is -2.36. The molecule has 0 spiro atoms. The van der Waals surface area contributed by atoms with Crippen LogP contribution >= 0.6 is 11.6 Å². The van der Waals surface area contributed by atoms with Gasteiger partial charge in [0, 0.05) is 41.4 Å². The maximum atomic E-state index is 15.5. The van der Waals surface area contributed by atoms with Crippen LogP contribution in [0.25, 0.3) is 22.0 Å². The Hall–Kier alpha value is -4.76. The van der Waals surface area contributed by atoms with Crippen molar-refractivity contribution in [1.82, 2.24) is 29.9 Å². The fourth-order valence-electron chi connectivity index (χ4n) is 9.06. The van der Waals surface area contributed by atoms with Gasteiger partial charge < -0.3 is 5.32 Å². The fraction of sp³-hybridized carbons (Fsp3) is 0.488. The minimum Gasteiger partial charge on any atom is -0.346 e. The van der Waals surface area contributed by atoms with E-state index in [0.29, 0.717) is 47.7 Å². The molecule has 1 unspecified atom stereocenters. The Labute approximate surface area is 374 Å². The second-order valence-electron chi connectivity index (χ2n) is 18.5. The number of benzene rings is 2. The summed E-state index contributed by atoms with van der Waals surface area (Å²) in [7, 11) is -5.93. The van der Waals surface area contributed by atoms with Gasteiger partial charge in [-0.05, 0) is 108 Å². The Balaban J connectivity index is 1.17. The Kier molecular flexibility index (Phi) is 10.6. The molecule has 3 atom stereocenters. The normalized spacial score (nSPS) is 20.4. The van der Waals surface area contributed by atoms with Crippen LogP contribution in [0, 0.1) is 17.6 Å². The summed E-state index contributed by atoms with van der Waals surface area (Å²) in [5.41, 5.74) is -1.94. The lowest BCUT2D eigenvalue weighted by atomic mass is 9.93. The van der Waals surface area contributed by atoms with E-state index in [-0.39, 0.29) is 57.8 Å². The number of hydrogen-bond donors (Lipinski definition) is 2. The molecular weight excluding hydrogens is 927 g/mol. The zero-order valence-electron chi connectivity index (χ0n) is 35.3. The van der Waals surface area contributed by atoms with E-state index in [1.54, 1.807) is 39.0 Å². The van der Waals surface area contributed by atoms with Gasteiger partial charge in [0.1, 0.15) is 23.9 Å². The van der Waals surface area contributed by atoms with Crippen LogP contribution in [-0.4, -0.2) is 62.0 Å². The summed E-state index contributed by atoms with van der Waals surface area (Å²) in [6, 6.07) is 7.53. The first-order valence-electron chi connectivity index (χ1n) is 20.9. The molecule has 0 saturated heterocycles. The number of anilines is 1. The van der Waals surface area contributed by atoms with Gasteiger partial charge in [0.25, 0.3) is 5.92 Å². The number of nitrogens with one attached hydrogen (secondary N) is 2. The third-order valence-electron chi connectivity index (χ3n) is 13.3. The molecule has 0 bridgehead atoms. The SMILES string of the molecule is Cn1nc(NS(=O)(=O)C2(C)CC2)c2c(Cl)ccc(-c3ccc(CCC(C)(C)S(=O)(=O)C4CC4)nc3[C@H](Cc3cc(F)cc(F)c3)NC(=O)Cn3nc(C(F)(F)F)c4c3C(F)(F)C3C[C@H]43)c21. The van der Waals surface area contributed by atoms with Crippen LogP contribution in [0.1, 0.15) is 105 Å². The summed E-state index contributed by atoms with van der Waals surface area (Å²) in [5, 5.41) is 10.5.